The van der Waals surface area contributed by atoms with Crippen molar-refractivity contribution in [3.05, 3.63) is 30.1 Å². The lowest BCUT2D eigenvalue weighted by atomic mass is 10.3. The second-order valence-electron chi connectivity index (χ2n) is 4.49. The van der Waals surface area contributed by atoms with Crippen LogP contribution in [0.15, 0.2) is 24.4 Å². The van der Waals surface area contributed by atoms with E-state index in [2.05, 4.69) is 9.88 Å². The highest BCUT2D eigenvalue weighted by molar-refractivity contribution is 5.56. The summed E-state index contributed by atoms with van der Waals surface area (Å²) in [6, 6.07) is 5.93. The van der Waals surface area contributed by atoms with Gasteiger partial charge in [-0.15, -0.1) is 0 Å². The molecule has 0 saturated heterocycles. The second-order valence-corrected chi connectivity index (χ2v) is 4.49. The number of methoxy groups -OCH3 is 2. The second kappa shape index (κ2) is 7.23. The van der Waals surface area contributed by atoms with Gasteiger partial charge in [-0.2, -0.15) is 0 Å². The molecule has 0 saturated carbocycles. The van der Waals surface area contributed by atoms with Crippen molar-refractivity contribution in [1.82, 2.24) is 9.38 Å². The molecule has 0 aromatic carbocycles. The molecule has 0 radical (unpaired) electrons. The van der Waals surface area contributed by atoms with E-state index in [-0.39, 0.29) is 0 Å². The Morgan fingerprint density at radius 1 is 1.20 bits per heavy atom. The molecule has 0 unspecified atom stereocenters. The summed E-state index contributed by atoms with van der Waals surface area (Å²) in [5.74, 6) is 0.910. The van der Waals surface area contributed by atoms with E-state index in [0.717, 1.165) is 30.2 Å². The number of hydrogen-bond donors (Lipinski definition) is 1. The van der Waals surface area contributed by atoms with Crippen LogP contribution in [0.5, 0.6) is 0 Å². The average molecular weight is 278 g/mol. The van der Waals surface area contributed by atoms with Gasteiger partial charge >= 0.3 is 0 Å². The van der Waals surface area contributed by atoms with Crippen molar-refractivity contribution in [2.24, 2.45) is 5.73 Å². The number of nitrogens with zero attached hydrogens (tertiary/aromatic N) is 3. The van der Waals surface area contributed by atoms with Crippen molar-refractivity contribution in [2.45, 2.75) is 6.54 Å². The molecule has 0 fully saturated rings. The number of ether oxygens (including phenoxy) is 2. The van der Waals surface area contributed by atoms with E-state index in [1.165, 1.54) is 0 Å². The summed E-state index contributed by atoms with van der Waals surface area (Å²) in [6.07, 6.45) is 1.98. The number of anilines is 1. The van der Waals surface area contributed by atoms with Crippen molar-refractivity contribution in [2.75, 3.05) is 45.4 Å². The standard InChI is InChI=1S/C14H22N4O2/c1-19-9-7-17(8-10-20-2)14-12(11-15)18-6-4-3-5-13(18)16-14/h3-6H,7-11,15H2,1-2H3. The molecule has 2 aromatic rings. The van der Waals surface area contributed by atoms with Crippen LogP contribution in [0, 0.1) is 0 Å². The fourth-order valence-corrected chi connectivity index (χ4v) is 2.20. The Bertz CT molecular complexity index is 533. The number of aromatic nitrogens is 2. The average Bonchev–Trinajstić information content (AvgIpc) is 2.85. The molecule has 0 spiro atoms. The summed E-state index contributed by atoms with van der Waals surface area (Å²) in [5, 5.41) is 0. The normalized spacial score (nSPS) is 11.2. The minimum Gasteiger partial charge on any atom is -0.383 e. The smallest absolute Gasteiger partial charge is 0.152 e. The molecule has 6 nitrogen and oxygen atoms in total. The van der Waals surface area contributed by atoms with Crippen LogP contribution in [-0.4, -0.2) is 49.9 Å². The maximum Gasteiger partial charge on any atom is 0.152 e. The van der Waals surface area contributed by atoms with Crippen molar-refractivity contribution in [3.8, 4) is 0 Å². The first-order valence-corrected chi connectivity index (χ1v) is 6.70. The van der Waals surface area contributed by atoms with Gasteiger partial charge in [-0.25, -0.2) is 4.98 Å². The van der Waals surface area contributed by atoms with Crippen LogP contribution in [0.2, 0.25) is 0 Å². The van der Waals surface area contributed by atoms with Crippen molar-refractivity contribution in [3.63, 3.8) is 0 Å². The molecule has 0 aliphatic carbocycles. The van der Waals surface area contributed by atoms with Gasteiger partial charge in [0.05, 0.1) is 18.9 Å². The number of fused-ring (bicyclic) bond motifs is 1. The number of imidazole rings is 1. The highest BCUT2D eigenvalue weighted by atomic mass is 16.5. The molecule has 2 heterocycles. The number of hydrogen-bond acceptors (Lipinski definition) is 5. The number of rotatable bonds is 8. The Balaban J connectivity index is 2.35. The summed E-state index contributed by atoms with van der Waals surface area (Å²) in [5.41, 5.74) is 7.82. The molecule has 2 N–H and O–H groups in total. The zero-order chi connectivity index (χ0) is 14.4. The molecule has 2 rings (SSSR count). The molecular formula is C14H22N4O2. The molecular weight excluding hydrogens is 256 g/mol. The van der Waals surface area contributed by atoms with Gasteiger partial charge in [0.15, 0.2) is 5.82 Å². The van der Waals surface area contributed by atoms with Crippen LogP contribution in [-0.2, 0) is 16.0 Å². The topological polar surface area (TPSA) is 65.0 Å². The van der Waals surface area contributed by atoms with Crippen LogP contribution >= 0.6 is 0 Å². The molecule has 0 atom stereocenters. The maximum atomic E-state index is 5.91. The monoisotopic (exact) mass is 278 g/mol. The lowest BCUT2D eigenvalue weighted by Gasteiger charge is -2.22. The third-order valence-electron chi connectivity index (χ3n) is 3.23. The molecule has 20 heavy (non-hydrogen) atoms. The summed E-state index contributed by atoms with van der Waals surface area (Å²) in [6.45, 7) is 3.24. The third-order valence-corrected chi connectivity index (χ3v) is 3.23. The van der Waals surface area contributed by atoms with Gasteiger partial charge in [0.25, 0.3) is 0 Å². The predicted octanol–water partition coefficient (Wildman–Crippen LogP) is 0.892. The van der Waals surface area contributed by atoms with Gasteiger partial charge in [0.1, 0.15) is 5.65 Å². The first-order chi connectivity index (χ1) is 9.81. The highest BCUT2D eigenvalue weighted by Gasteiger charge is 2.16. The summed E-state index contributed by atoms with van der Waals surface area (Å²) < 4.78 is 12.4. The largest absolute Gasteiger partial charge is 0.383 e. The van der Waals surface area contributed by atoms with Crippen molar-refractivity contribution >= 4 is 11.5 Å². The van der Waals surface area contributed by atoms with Gasteiger partial charge in [0.2, 0.25) is 0 Å². The number of nitrogens with two attached hydrogens (primary N) is 1. The quantitative estimate of drug-likeness (QED) is 0.777. The molecule has 110 valence electrons. The Morgan fingerprint density at radius 3 is 2.50 bits per heavy atom. The Morgan fingerprint density at radius 2 is 1.90 bits per heavy atom. The van der Waals surface area contributed by atoms with Crippen LogP contribution in [0.3, 0.4) is 0 Å². The van der Waals surface area contributed by atoms with E-state index in [1.807, 2.05) is 28.8 Å². The molecule has 0 amide bonds. The number of pyridine rings is 1. The molecule has 0 bridgehead atoms. The maximum absolute atomic E-state index is 5.91. The van der Waals surface area contributed by atoms with Crippen molar-refractivity contribution < 1.29 is 9.47 Å². The predicted molar refractivity (Wildman–Crippen MR) is 79.0 cm³/mol. The van der Waals surface area contributed by atoms with E-state index >= 15 is 0 Å². The SMILES string of the molecule is COCCN(CCOC)c1nc2ccccn2c1CN. The zero-order valence-corrected chi connectivity index (χ0v) is 12.1. The molecule has 2 aromatic heterocycles. The van der Waals surface area contributed by atoms with Crippen LogP contribution < -0.4 is 10.6 Å². The highest BCUT2D eigenvalue weighted by Crippen LogP contribution is 2.21. The van der Waals surface area contributed by atoms with E-state index < -0.39 is 0 Å². The van der Waals surface area contributed by atoms with Gasteiger partial charge < -0.3 is 24.5 Å². The van der Waals surface area contributed by atoms with Crippen LogP contribution in [0.1, 0.15) is 5.69 Å². The Hall–Kier alpha value is -1.63. The Kier molecular flexibility index (Phi) is 5.34. The summed E-state index contributed by atoms with van der Waals surface area (Å²) in [7, 11) is 3.39. The van der Waals surface area contributed by atoms with E-state index in [4.69, 9.17) is 15.2 Å². The van der Waals surface area contributed by atoms with E-state index in [0.29, 0.717) is 19.8 Å². The summed E-state index contributed by atoms with van der Waals surface area (Å²) >= 11 is 0. The van der Waals surface area contributed by atoms with Crippen LogP contribution in [0.4, 0.5) is 5.82 Å². The summed E-state index contributed by atoms with van der Waals surface area (Å²) in [4.78, 5) is 6.84. The lowest BCUT2D eigenvalue weighted by molar-refractivity contribution is 0.190. The van der Waals surface area contributed by atoms with E-state index in [1.54, 1.807) is 14.2 Å². The van der Waals surface area contributed by atoms with Gasteiger partial charge in [-0.3, -0.25) is 0 Å². The van der Waals surface area contributed by atoms with Gasteiger partial charge in [-0.1, -0.05) is 6.07 Å². The molecule has 6 heteroatoms. The first-order valence-electron chi connectivity index (χ1n) is 6.70. The van der Waals surface area contributed by atoms with Gasteiger partial charge in [-0.05, 0) is 12.1 Å². The Labute approximate surface area is 119 Å². The molecule has 0 aliphatic heterocycles. The third kappa shape index (κ3) is 3.09. The van der Waals surface area contributed by atoms with E-state index in [9.17, 15) is 0 Å². The fraction of sp³-hybridized carbons (Fsp3) is 0.500. The van der Waals surface area contributed by atoms with Gasteiger partial charge in [0, 0.05) is 40.1 Å². The molecule has 0 aliphatic rings. The first kappa shape index (κ1) is 14.8. The minimum atomic E-state index is 0.441. The lowest BCUT2D eigenvalue weighted by Crippen LogP contribution is -2.32. The van der Waals surface area contributed by atoms with Crippen molar-refractivity contribution in [1.29, 1.82) is 0 Å². The zero-order valence-electron chi connectivity index (χ0n) is 12.1. The van der Waals surface area contributed by atoms with Crippen LogP contribution in [0.25, 0.3) is 5.65 Å². The minimum absolute atomic E-state index is 0.441. The fourth-order valence-electron chi connectivity index (χ4n) is 2.20.